The predicted molar refractivity (Wildman–Crippen MR) is 71.8 cm³/mol. The smallest absolute Gasteiger partial charge is 0.255 e. The van der Waals surface area contributed by atoms with Crippen LogP contribution in [0.3, 0.4) is 0 Å². The lowest BCUT2D eigenvalue weighted by atomic mass is 10.1. The highest BCUT2D eigenvalue weighted by Gasteiger charge is 2.22. The second kappa shape index (κ2) is 4.76. The summed E-state index contributed by atoms with van der Waals surface area (Å²) in [5.41, 5.74) is 1.58. The minimum absolute atomic E-state index is 0.0812. The first-order valence-electron chi connectivity index (χ1n) is 6.38. The molecule has 1 aromatic heterocycles. The van der Waals surface area contributed by atoms with E-state index in [0.29, 0.717) is 18.7 Å². The molecule has 2 amide bonds. The molecule has 0 unspecified atom stereocenters. The molecule has 0 radical (unpaired) electrons. The number of hydrogen-bond acceptors (Lipinski definition) is 2. The summed E-state index contributed by atoms with van der Waals surface area (Å²) in [5, 5.41) is 3.67. The van der Waals surface area contributed by atoms with Crippen LogP contribution < -0.4 is 5.32 Å². The van der Waals surface area contributed by atoms with E-state index in [-0.39, 0.29) is 18.4 Å². The molecule has 1 aliphatic rings. The van der Waals surface area contributed by atoms with Gasteiger partial charge in [-0.05, 0) is 24.6 Å². The van der Waals surface area contributed by atoms with Gasteiger partial charge in [0.05, 0.1) is 6.54 Å². The molecular weight excluding hydrogens is 242 g/mol. The maximum atomic E-state index is 12.5. The summed E-state index contributed by atoms with van der Waals surface area (Å²) < 4.78 is 0. The summed E-state index contributed by atoms with van der Waals surface area (Å²) in [5.74, 6) is -0.172. The number of nitrogens with zero attached hydrogens (tertiary/aromatic N) is 1. The molecule has 19 heavy (non-hydrogen) atoms. The first-order chi connectivity index (χ1) is 9.25. The van der Waals surface area contributed by atoms with Crippen molar-refractivity contribution in [2.75, 3.05) is 19.6 Å². The number of carbonyl (C=O) groups is 2. The summed E-state index contributed by atoms with van der Waals surface area (Å²) in [6, 6.07) is 7.48. The van der Waals surface area contributed by atoms with E-state index < -0.39 is 0 Å². The normalized spacial score (nSPS) is 16.2. The lowest BCUT2D eigenvalue weighted by Gasteiger charge is -2.19. The van der Waals surface area contributed by atoms with Gasteiger partial charge in [0.25, 0.3) is 5.91 Å². The quantitative estimate of drug-likeness (QED) is 0.804. The highest BCUT2D eigenvalue weighted by molar-refractivity contribution is 6.07. The summed E-state index contributed by atoms with van der Waals surface area (Å²) >= 11 is 0. The van der Waals surface area contributed by atoms with Crippen molar-refractivity contribution in [2.45, 2.75) is 6.42 Å². The average molecular weight is 257 g/mol. The first-order valence-corrected chi connectivity index (χ1v) is 6.38. The lowest BCUT2D eigenvalue weighted by molar-refractivity contribution is -0.121. The third kappa shape index (κ3) is 2.19. The Morgan fingerprint density at radius 1 is 1.26 bits per heavy atom. The van der Waals surface area contributed by atoms with Gasteiger partial charge in [0.1, 0.15) is 0 Å². The molecule has 0 bridgehead atoms. The van der Waals surface area contributed by atoms with Gasteiger partial charge in [-0.1, -0.05) is 6.07 Å². The van der Waals surface area contributed by atoms with Crippen LogP contribution in [-0.2, 0) is 4.79 Å². The summed E-state index contributed by atoms with van der Waals surface area (Å²) in [6.45, 7) is 1.38. The first kappa shape index (κ1) is 11.8. The van der Waals surface area contributed by atoms with Gasteiger partial charge in [-0.15, -0.1) is 0 Å². The number of amides is 2. The number of H-pyrrole nitrogens is 1. The number of rotatable bonds is 1. The van der Waals surface area contributed by atoms with Crippen molar-refractivity contribution in [1.82, 2.24) is 15.2 Å². The third-order valence-electron chi connectivity index (χ3n) is 3.37. The highest BCUT2D eigenvalue weighted by Crippen LogP contribution is 2.19. The van der Waals surface area contributed by atoms with Gasteiger partial charge in [-0.25, -0.2) is 0 Å². The Balaban J connectivity index is 1.94. The largest absolute Gasteiger partial charge is 0.361 e. The number of fused-ring (bicyclic) bond motifs is 1. The van der Waals surface area contributed by atoms with Crippen molar-refractivity contribution in [3.63, 3.8) is 0 Å². The topological polar surface area (TPSA) is 65.2 Å². The number of aromatic nitrogens is 1. The van der Waals surface area contributed by atoms with E-state index in [9.17, 15) is 9.59 Å². The van der Waals surface area contributed by atoms with E-state index in [4.69, 9.17) is 0 Å². The fourth-order valence-corrected chi connectivity index (χ4v) is 2.42. The van der Waals surface area contributed by atoms with Crippen molar-refractivity contribution < 1.29 is 9.59 Å². The molecule has 5 heteroatoms. The van der Waals surface area contributed by atoms with Crippen LogP contribution in [0.4, 0.5) is 0 Å². The molecule has 1 aromatic carbocycles. The average Bonchev–Trinajstić information content (AvgIpc) is 2.79. The zero-order valence-electron chi connectivity index (χ0n) is 10.5. The SMILES string of the molecule is O=C1CN(C(=O)c2cccc3[nH]ccc23)CCCN1. The molecule has 0 saturated carbocycles. The van der Waals surface area contributed by atoms with Crippen molar-refractivity contribution in [2.24, 2.45) is 0 Å². The van der Waals surface area contributed by atoms with Crippen LogP contribution in [0.1, 0.15) is 16.8 Å². The minimum atomic E-state index is -0.0907. The van der Waals surface area contributed by atoms with Crippen LogP contribution in [0, 0.1) is 0 Å². The molecule has 3 rings (SSSR count). The Bertz CT molecular complexity index is 632. The number of hydrogen-bond donors (Lipinski definition) is 2. The Morgan fingerprint density at radius 2 is 2.16 bits per heavy atom. The maximum absolute atomic E-state index is 12.5. The van der Waals surface area contributed by atoms with Crippen LogP contribution in [0.15, 0.2) is 30.5 Å². The molecule has 2 heterocycles. The summed E-state index contributed by atoms with van der Waals surface area (Å²) in [6.07, 6.45) is 2.61. The zero-order valence-corrected chi connectivity index (χ0v) is 10.5. The van der Waals surface area contributed by atoms with Crippen molar-refractivity contribution in [3.05, 3.63) is 36.0 Å². The Labute approximate surface area is 110 Å². The Hall–Kier alpha value is -2.30. The van der Waals surface area contributed by atoms with E-state index in [0.717, 1.165) is 17.3 Å². The Morgan fingerprint density at radius 3 is 3.05 bits per heavy atom. The molecular formula is C14H15N3O2. The van der Waals surface area contributed by atoms with Crippen LogP contribution in [0.5, 0.6) is 0 Å². The molecule has 1 aliphatic heterocycles. The fourth-order valence-electron chi connectivity index (χ4n) is 2.42. The highest BCUT2D eigenvalue weighted by atomic mass is 16.2. The fraction of sp³-hybridized carbons (Fsp3) is 0.286. The number of benzene rings is 1. The van der Waals surface area contributed by atoms with Crippen LogP contribution in [0.25, 0.3) is 10.9 Å². The van der Waals surface area contributed by atoms with Gasteiger partial charge in [-0.2, -0.15) is 0 Å². The monoisotopic (exact) mass is 257 g/mol. The van der Waals surface area contributed by atoms with Crippen LogP contribution >= 0.6 is 0 Å². The van der Waals surface area contributed by atoms with E-state index in [1.165, 1.54) is 0 Å². The predicted octanol–water partition coefficient (Wildman–Crippen LogP) is 1.13. The summed E-state index contributed by atoms with van der Waals surface area (Å²) in [4.78, 5) is 28.8. The zero-order chi connectivity index (χ0) is 13.2. The van der Waals surface area contributed by atoms with Gasteiger partial charge in [-0.3, -0.25) is 9.59 Å². The van der Waals surface area contributed by atoms with E-state index in [1.54, 1.807) is 11.0 Å². The van der Waals surface area contributed by atoms with E-state index >= 15 is 0 Å². The molecule has 98 valence electrons. The molecule has 0 aliphatic carbocycles. The standard InChI is InChI=1S/C14H15N3O2/c18-13-9-17(8-2-6-16-13)14(19)11-3-1-4-12-10(11)5-7-15-12/h1,3-5,7,15H,2,6,8-9H2,(H,16,18). The third-order valence-corrected chi connectivity index (χ3v) is 3.37. The van der Waals surface area contributed by atoms with Crippen molar-refractivity contribution in [1.29, 1.82) is 0 Å². The van der Waals surface area contributed by atoms with Crippen LogP contribution in [0.2, 0.25) is 0 Å². The summed E-state index contributed by atoms with van der Waals surface area (Å²) in [7, 11) is 0. The number of nitrogens with one attached hydrogen (secondary N) is 2. The van der Waals surface area contributed by atoms with E-state index in [1.807, 2.05) is 24.4 Å². The van der Waals surface area contributed by atoms with Crippen molar-refractivity contribution >= 4 is 22.7 Å². The molecule has 1 saturated heterocycles. The number of aromatic amines is 1. The molecule has 0 spiro atoms. The Kier molecular flexibility index (Phi) is 2.95. The molecule has 2 aromatic rings. The van der Waals surface area contributed by atoms with Gasteiger partial charge >= 0.3 is 0 Å². The van der Waals surface area contributed by atoms with Crippen molar-refractivity contribution in [3.8, 4) is 0 Å². The van der Waals surface area contributed by atoms with Gasteiger partial charge in [0.2, 0.25) is 5.91 Å². The molecule has 5 nitrogen and oxygen atoms in total. The molecule has 2 N–H and O–H groups in total. The number of carbonyl (C=O) groups excluding carboxylic acids is 2. The second-order valence-electron chi connectivity index (χ2n) is 4.67. The van der Waals surface area contributed by atoms with Gasteiger partial charge in [0, 0.05) is 35.8 Å². The van der Waals surface area contributed by atoms with Gasteiger partial charge in [0.15, 0.2) is 0 Å². The van der Waals surface area contributed by atoms with Gasteiger partial charge < -0.3 is 15.2 Å². The lowest BCUT2D eigenvalue weighted by Crippen LogP contribution is -2.37. The van der Waals surface area contributed by atoms with Crippen LogP contribution in [-0.4, -0.2) is 41.3 Å². The maximum Gasteiger partial charge on any atom is 0.255 e. The molecule has 0 atom stereocenters. The minimum Gasteiger partial charge on any atom is -0.361 e. The second-order valence-corrected chi connectivity index (χ2v) is 4.67. The van der Waals surface area contributed by atoms with E-state index in [2.05, 4.69) is 10.3 Å². The molecule has 1 fully saturated rings.